The number of piperidine rings is 1. The first kappa shape index (κ1) is 19.8. The van der Waals surface area contributed by atoms with Crippen molar-refractivity contribution in [1.82, 2.24) is 24.5 Å². The lowest BCUT2D eigenvalue weighted by atomic mass is 10.1. The molecule has 0 amide bonds. The number of anilines is 3. The Morgan fingerprint density at radius 1 is 1.17 bits per heavy atom. The number of rotatable bonds is 5. The first-order valence-corrected chi connectivity index (χ1v) is 11.6. The number of pyridine rings is 1. The lowest BCUT2D eigenvalue weighted by Crippen LogP contribution is -2.38. The van der Waals surface area contributed by atoms with Crippen molar-refractivity contribution in [2.75, 3.05) is 29.6 Å². The fourth-order valence-corrected chi connectivity index (χ4v) is 4.80. The van der Waals surface area contributed by atoms with E-state index in [2.05, 4.69) is 48.6 Å². The number of nitrogens with zero attached hydrogens (tertiary/aromatic N) is 6. The van der Waals surface area contributed by atoms with E-state index in [9.17, 15) is 4.21 Å². The number of aryl methyl sites for hydroxylation is 1. The molecule has 154 valence electrons. The quantitative estimate of drug-likeness (QED) is 0.687. The van der Waals surface area contributed by atoms with Crippen LogP contribution in [-0.2, 0) is 10.8 Å². The summed E-state index contributed by atoms with van der Waals surface area (Å²) in [5.41, 5.74) is 1.94. The van der Waals surface area contributed by atoms with E-state index in [1.165, 1.54) is 0 Å². The molecule has 8 nitrogen and oxygen atoms in total. The van der Waals surface area contributed by atoms with Crippen LogP contribution in [0, 0.1) is 6.92 Å². The summed E-state index contributed by atoms with van der Waals surface area (Å²) in [5.74, 6) is 3.11. The normalized spacial score (nSPS) is 16.5. The summed E-state index contributed by atoms with van der Waals surface area (Å²) in [6.07, 6.45) is 7.15. The number of fused-ring (bicyclic) bond motifs is 1. The van der Waals surface area contributed by atoms with Crippen molar-refractivity contribution in [3.63, 3.8) is 0 Å². The van der Waals surface area contributed by atoms with Gasteiger partial charge in [0, 0.05) is 53.7 Å². The summed E-state index contributed by atoms with van der Waals surface area (Å²) in [5, 5.41) is 3.58. The Balaban J connectivity index is 1.54. The zero-order valence-electron chi connectivity index (χ0n) is 17.3. The molecule has 4 heterocycles. The molecule has 1 saturated heterocycles. The molecule has 0 radical (unpaired) electrons. The second-order valence-corrected chi connectivity index (χ2v) is 9.40. The lowest BCUT2D eigenvalue weighted by Gasteiger charge is -2.31. The zero-order valence-corrected chi connectivity index (χ0v) is 18.1. The van der Waals surface area contributed by atoms with Crippen molar-refractivity contribution < 1.29 is 4.21 Å². The molecule has 3 aromatic rings. The third kappa shape index (κ3) is 4.10. The van der Waals surface area contributed by atoms with Crippen LogP contribution in [0.1, 0.15) is 38.6 Å². The van der Waals surface area contributed by atoms with Crippen molar-refractivity contribution in [2.45, 2.75) is 44.9 Å². The fourth-order valence-electron chi connectivity index (χ4n) is 3.93. The van der Waals surface area contributed by atoms with Gasteiger partial charge in [0.05, 0.1) is 11.7 Å². The summed E-state index contributed by atoms with van der Waals surface area (Å²) in [6.45, 7) is 7.96. The Kier molecular flexibility index (Phi) is 5.49. The van der Waals surface area contributed by atoms with E-state index >= 15 is 0 Å². The Labute approximate surface area is 173 Å². The Hall–Kier alpha value is -2.55. The average molecular weight is 414 g/mol. The van der Waals surface area contributed by atoms with Gasteiger partial charge in [0.2, 0.25) is 5.95 Å². The molecule has 1 aliphatic heterocycles. The predicted molar refractivity (Wildman–Crippen MR) is 117 cm³/mol. The van der Waals surface area contributed by atoms with Crippen LogP contribution in [0.25, 0.3) is 11.0 Å². The number of imidazole rings is 1. The van der Waals surface area contributed by atoms with Gasteiger partial charge in [-0.3, -0.25) is 4.21 Å². The van der Waals surface area contributed by atoms with Crippen LogP contribution in [0.5, 0.6) is 0 Å². The molecule has 9 heteroatoms. The lowest BCUT2D eigenvalue weighted by molar-refractivity contribution is 0.564. The van der Waals surface area contributed by atoms with Gasteiger partial charge in [0.1, 0.15) is 23.0 Å². The third-order valence-electron chi connectivity index (χ3n) is 5.36. The van der Waals surface area contributed by atoms with Crippen molar-refractivity contribution in [1.29, 1.82) is 0 Å². The van der Waals surface area contributed by atoms with Crippen molar-refractivity contribution in [3.8, 4) is 0 Å². The predicted octanol–water partition coefficient (Wildman–Crippen LogP) is 3.20. The Bertz CT molecular complexity index is 1040. The summed E-state index contributed by atoms with van der Waals surface area (Å²) >= 11 is 0. The molecular formula is C20H27N7OS. The minimum absolute atomic E-state index is 0.276. The number of hydrogen-bond acceptors (Lipinski definition) is 7. The van der Waals surface area contributed by atoms with E-state index in [1.54, 1.807) is 18.6 Å². The summed E-state index contributed by atoms with van der Waals surface area (Å²) < 4.78 is 13.9. The molecule has 1 atom stereocenters. The van der Waals surface area contributed by atoms with Gasteiger partial charge in [0.15, 0.2) is 0 Å². The van der Waals surface area contributed by atoms with Crippen molar-refractivity contribution >= 4 is 39.4 Å². The van der Waals surface area contributed by atoms with Crippen LogP contribution in [-0.4, -0.2) is 53.3 Å². The van der Waals surface area contributed by atoms with Gasteiger partial charge in [-0.05, 0) is 39.7 Å². The molecule has 3 aromatic heterocycles. The van der Waals surface area contributed by atoms with Gasteiger partial charge < -0.3 is 14.8 Å². The van der Waals surface area contributed by atoms with Crippen LogP contribution in [0.15, 0.2) is 24.5 Å². The molecule has 0 saturated carbocycles. The maximum absolute atomic E-state index is 11.7. The Morgan fingerprint density at radius 2 is 1.93 bits per heavy atom. The van der Waals surface area contributed by atoms with Gasteiger partial charge in [-0.1, -0.05) is 0 Å². The second kappa shape index (κ2) is 8.06. The highest BCUT2D eigenvalue weighted by molar-refractivity contribution is 7.84. The molecule has 29 heavy (non-hydrogen) atoms. The van der Waals surface area contributed by atoms with Crippen molar-refractivity contribution in [2.24, 2.45) is 0 Å². The van der Waals surface area contributed by atoms with E-state index in [-0.39, 0.29) is 5.25 Å². The first-order valence-electron chi connectivity index (χ1n) is 9.94. The third-order valence-corrected chi connectivity index (χ3v) is 6.77. The van der Waals surface area contributed by atoms with Gasteiger partial charge >= 0.3 is 0 Å². The molecule has 1 fully saturated rings. The molecule has 0 spiro atoms. The first-order chi connectivity index (χ1) is 13.9. The molecule has 1 N–H and O–H groups in total. The molecule has 0 bridgehead atoms. The molecule has 0 aliphatic carbocycles. The molecule has 1 aliphatic rings. The summed E-state index contributed by atoms with van der Waals surface area (Å²) in [6, 6.07) is 4.18. The molecule has 4 rings (SSSR count). The summed E-state index contributed by atoms with van der Waals surface area (Å²) in [4.78, 5) is 20.3. The van der Waals surface area contributed by atoms with Crippen LogP contribution in [0.3, 0.4) is 0 Å². The molecular weight excluding hydrogens is 386 g/mol. The van der Waals surface area contributed by atoms with E-state index in [0.717, 1.165) is 48.6 Å². The Morgan fingerprint density at radius 3 is 2.62 bits per heavy atom. The number of hydrogen-bond donors (Lipinski definition) is 1. The fraction of sp³-hybridized carbons (Fsp3) is 0.500. The zero-order chi connectivity index (χ0) is 20.5. The highest BCUT2D eigenvalue weighted by atomic mass is 32.2. The van der Waals surface area contributed by atoms with Gasteiger partial charge in [0.25, 0.3) is 0 Å². The van der Waals surface area contributed by atoms with Crippen molar-refractivity contribution in [3.05, 3.63) is 30.4 Å². The van der Waals surface area contributed by atoms with Crippen LogP contribution in [0.2, 0.25) is 0 Å². The minimum Gasteiger partial charge on any atom is -0.341 e. The van der Waals surface area contributed by atoms with E-state index in [4.69, 9.17) is 0 Å². The minimum atomic E-state index is -0.765. The highest BCUT2D eigenvalue weighted by Crippen LogP contribution is 2.24. The highest BCUT2D eigenvalue weighted by Gasteiger charge is 2.23. The SMILES string of the molecule is Cc1nc2cnc(Nc3ccnc(N4CCC(S(C)=O)CC4)n3)cc2n1C(C)C. The maximum atomic E-state index is 11.7. The van der Waals surface area contributed by atoms with Crippen LogP contribution in [0.4, 0.5) is 17.6 Å². The van der Waals surface area contributed by atoms with Crippen LogP contribution < -0.4 is 10.2 Å². The molecule has 1 unspecified atom stereocenters. The average Bonchev–Trinajstić information content (AvgIpc) is 3.03. The van der Waals surface area contributed by atoms with E-state index < -0.39 is 10.8 Å². The second-order valence-electron chi connectivity index (χ2n) is 7.73. The standard InChI is InChI=1S/C20H27N7OS/c1-13(2)27-14(3)23-16-12-22-19(11-17(16)27)24-18-5-8-21-20(25-18)26-9-6-15(7-10-26)29(4)28/h5,8,11-13,15H,6-7,9-10H2,1-4H3,(H,21,22,24,25). The number of aromatic nitrogens is 5. The van der Waals surface area contributed by atoms with E-state index in [0.29, 0.717) is 17.8 Å². The van der Waals surface area contributed by atoms with Crippen LogP contribution >= 0.6 is 0 Å². The largest absolute Gasteiger partial charge is 0.341 e. The molecule has 0 aromatic carbocycles. The van der Waals surface area contributed by atoms with Gasteiger partial charge in [-0.25, -0.2) is 15.0 Å². The maximum Gasteiger partial charge on any atom is 0.227 e. The van der Waals surface area contributed by atoms with E-state index in [1.807, 2.05) is 19.1 Å². The smallest absolute Gasteiger partial charge is 0.227 e. The van der Waals surface area contributed by atoms with Gasteiger partial charge in [-0.2, -0.15) is 4.98 Å². The van der Waals surface area contributed by atoms with Gasteiger partial charge in [-0.15, -0.1) is 0 Å². The number of nitrogens with one attached hydrogen (secondary N) is 1. The monoisotopic (exact) mass is 413 g/mol. The topological polar surface area (TPSA) is 88.8 Å². The summed E-state index contributed by atoms with van der Waals surface area (Å²) in [7, 11) is -0.765.